The number of nitrogens with zero attached hydrogens (tertiary/aromatic N) is 2. The van der Waals surface area contributed by atoms with Gasteiger partial charge in [-0.3, -0.25) is 9.97 Å². The molecule has 5 nitrogen and oxygen atoms in total. The van der Waals surface area contributed by atoms with Crippen molar-refractivity contribution in [3.63, 3.8) is 0 Å². The average molecular weight is 596 g/mol. The smallest absolute Gasteiger partial charge is 0.0348 e. The predicted molar refractivity (Wildman–Crippen MR) is 179 cm³/mol. The van der Waals surface area contributed by atoms with Crippen LogP contribution in [0.25, 0.3) is 22.3 Å². The van der Waals surface area contributed by atoms with Crippen LogP contribution in [-0.4, -0.2) is 34.7 Å². The Kier molecular flexibility index (Phi) is 13.5. The van der Waals surface area contributed by atoms with Gasteiger partial charge in [-0.1, -0.05) is 72.8 Å². The molecule has 0 spiro atoms. The average Bonchev–Trinajstić information content (AvgIpc) is 3.06. The van der Waals surface area contributed by atoms with E-state index in [9.17, 15) is 0 Å². The van der Waals surface area contributed by atoms with Crippen LogP contribution >= 0.6 is 23.4 Å². The molecule has 42 heavy (non-hydrogen) atoms. The first-order valence-corrected chi connectivity index (χ1v) is 15.6. The van der Waals surface area contributed by atoms with E-state index in [4.69, 9.17) is 17.3 Å². The van der Waals surface area contributed by atoms with Crippen LogP contribution < -0.4 is 16.4 Å². The summed E-state index contributed by atoms with van der Waals surface area (Å²) in [5.74, 6) is 1.66. The highest BCUT2D eigenvalue weighted by molar-refractivity contribution is 7.99. The minimum atomic E-state index is 0.595. The first-order chi connectivity index (χ1) is 20.7. The van der Waals surface area contributed by atoms with Crippen LogP contribution in [0.5, 0.6) is 0 Å². The number of rotatable bonds is 13. The Morgan fingerprint density at radius 2 is 1.17 bits per heavy atom. The molecule has 0 unspecified atom stereocenters. The van der Waals surface area contributed by atoms with Gasteiger partial charge in [0.1, 0.15) is 0 Å². The van der Waals surface area contributed by atoms with Crippen molar-refractivity contribution >= 4 is 23.4 Å². The molecule has 216 valence electrons. The Balaban J connectivity index is 0.000000208. The van der Waals surface area contributed by atoms with Crippen molar-refractivity contribution < 1.29 is 0 Å². The highest BCUT2D eigenvalue weighted by Gasteiger charge is 2.01. The zero-order valence-corrected chi connectivity index (χ0v) is 25.3. The number of thioether (sulfide) groups is 1. The van der Waals surface area contributed by atoms with Gasteiger partial charge in [-0.2, -0.15) is 0 Å². The summed E-state index contributed by atoms with van der Waals surface area (Å²) in [6.45, 7) is 4.00. The van der Waals surface area contributed by atoms with Crippen molar-refractivity contribution in [3.05, 3.63) is 139 Å². The maximum atomic E-state index is 5.69. The highest BCUT2D eigenvalue weighted by Crippen LogP contribution is 2.20. The molecular weight excluding hydrogens is 558 g/mol. The van der Waals surface area contributed by atoms with E-state index in [1.807, 2.05) is 60.8 Å². The van der Waals surface area contributed by atoms with Crippen molar-refractivity contribution in [2.24, 2.45) is 5.73 Å². The third-order valence-corrected chi connectivity index (χ3v) is 7.60. The van der Waals surface area contributed by atoms with Gasteiger partial charge in [0.05, 0.1) is 0 Å². The van der Waals surface area contributed by atoms with Gasteiger partial charge in [0.2, 0.25) is 0 Å². The lowest BCUT2D eigenvalue weighted by Gasteiger charge is -2.07. The summed E-state index contributed by atoms with van der Waals surface area (Å²) in [7, 11) is 0. The summed E-state index contributed by atoms with van der Waals surface area (Å²) in [6, 6.07) is 33.4. The summed E-state index contributed by atoms with van der Waals surface area (Å²) in [4.78, 5) is 9.91. The van der Waals surface area contributed by atoms with Crippen LogP contribution in [-0.2, 0) is 19.6 Å². The number of alkyl halides is 1. The van der Waals surface area contributed by atoms with Crippen molar-refractivity contribution in [1.82, 2.24) is 20.6 Å². The zero-order chi connectivity index (χ0) is 29.2. The SMILES string of the molecule is ClCCNCc1cncc(-c2ccccc2)c1.NCc1cccc(SCCNCc2cncc(-c3ccccc3)c2)c1. The molecule has 0 atom stereocenters. The maximum absolute atomic E-state index is 5.69. The third-order valence-electron chi connectivity index (χ3n) is 6.42. The normalized spacial score (nSPS) is 10.6. The number of hydrogen-bond acceptors (Lipinski definition) is 6. The molecule has 5 rings (SSSR count). The molecule has 0 bridgehead atoms. The van der Waals surface area contributed by atoms with E-state index in [1.165, 1.54) is 32.7 Å². The minimum absolute atomic E-state index is 0.595. The molecule has 2 heterocycles. The van der Waals surface area contributed by atoms with E-state index in [0.717, 1.165) is 43.1 Å². The second kappa shape index (κ2) is 18.1. The Morgan fingerprint density at radius 1 is 0.595 bits per heavy atom. The molecule has 0 fully saturated rings. The van der Waals surface area contributed by atoms with Gasteiger partial charge in [-0.05, 0) is 52.1 Å². The Morgan fingerprint density at radius 3 is 1.71 bits per heavy atom. The van der Waals surface area contributed by atoms with Crippen LogP contribution in [0.2, 0.25) is 0 Å². The van der Waals surface area contributed by atoms with E-state index in [1.54, 1.807) is 0 Å². The van der Waals surface area contributed by atoms with Gasteiger partial charge in [-0.25, -0.2) is 0 Å². The molecule has 0 aliphatic rings. The largest absolute Gasteiger partial charge is 0.326 e. The zero-order valence-electron chi connectivity index (χ0n) is 23.8. The Hall–Kier alpha value is -3.52. The molecule has 0 aliphatic heterocycles. The number of aromatic nitrogens is 2. The standard InChI is InChI=1S/C21H23N3S.C14H15ClN2/c22-13-17-5-4-8-21(12-17)25-10-9-23-14-18-11-20(16-24-15-18)19-6-2-1-3-7-19;15-6-7-16-9-12-8-14(11-17-10-12)13-4-2-1-3-5-13/h1-8,11-12,15-16,23H,9-10,13-14,22H2;1-5,8,10-11,16H,6-7,9H2. The lowest BCUT2D eigenvalue weighted by atomic mass is 10.1. The lowest BCUT2D eigenvalue weighted by molar-refractivity contribution is 0.728. The monoisotopic (exact) mass is 595 g/mol. The van der Waals surface area contributed by atoms with Crippen LogP contribution in [0.1, 0.15) is 16.7 Å². The van der Waals surface area contributed by atoms with Crippen LogP contribution in [0.15, 0.2) is 127 Å². The summed E-state index contributed by atoms with van der Waals surface area (Å²) >= 11 is 7.47. The number of nitrogens with two attached hydrogens (primary N) is 1. The number of pyridine rings is 2. The highest BCUT2D eigenvalue weighted by atomic mass is 35.5. The van der Waals surface area contributed by atoms with Crippen LogP contribution in [0.3, 0.4) is 0 Å². The van der Waals surface area contributed by atoms with Gasteiger partial charge in [-0.15, -0.1) is 23.4 Å². The first-order valence-electron chi connectivity index (χ1n) is 14.1. The summed E-state index contributed by atoms with van der Waals surface area (Å²) in [6.07, 6.45) is 7.62. The molecule has 5 aromatic rings. The summed E-state index contributed by atoms with van der Waals surface area (Å²) < 4.78 is 0. The quantitative estimate of drug-likeness (QED) is 0.0761. The minimum Gasteiger partial charge on any atom is -0.326 e. The van der Waals surface area contributed by atoms with Gasteiger partial charge in [0.25, 0.3) is 0 Å². The Bertz CT molecular complexity index is 1470. The van der Waals surface area contributed by atoms with Crippen molar-refractivity contribution in [2.45, 2.75) is 24.5 Å². The van der Waals surface area contributed by atoms with E-state index in [-0.39, 0.29) is 0 Å². The second-order valence-corrected chi connectivity index (χ2v) is 11.2. The van der Waals surface area contributed by atoms with E-state index < -0.39 is 0 Å². The van der Waals surface area contributed by atoms with Crippen LogP contribution in [0.4, 0.5) is 0 Å². The molecule has 0 saturated heterocycles. The molecular formula is C35H38ClN5S. The summed E-state index contributed by atoms with van der Waals surface area (Å²) in [5.41, 5.74) is 14.0. The fourth-order valence-corrected chi connectivity index (χ4v) is 5.31. The molecule has 0 aliphatic carbocycles. The maximum Gasteiger partial charge on any atom is 0.0348 e. The number of hydrogen-bond donors (Lipinski definition) is 3. The van der Waals surface area contributed by atoms with Gasteiger partial charge < -0.3 is 16.4 Å². The van der Waals surface area contributed by atoms with Crippen molar-refractivity contribution in [3.8, 4) is 22.3 Å². The molecule has 0 saturated carbocycles. The van der Waals surface area contributed by atoms with E-state index in [2.05, 4.69) is 93.4 Å². The van der Waals surface area contributed by atoms with Crippen molar-refractivity contribution in [2.75, 3.05) is 24.7 Å². The molecule has 3 aromatic carbocycles. The number of nitrogens with one attached hydrogen (secondary N) is 2. The topological polar surface area (TPSA) is 75.9 Å². The van der Waals surface area contributed by atoms with E-state index in [0.29, 0.717) is 12.4 Å². The van der Waals surface area contributed by atoms with Crippen molar-refractivity contribution in [1.29, 1.82) is 0 Å². The lowest BCUT2D eigenvalue weighted by Crippen LogP contribution is -2.16. The van der Waals surface area contributed by atoms with Gasteiger partial charge >= 0.3 is 0 Å². The van der Waals surface area contributed by atoms with Crippen LogP contribution in [0, 0.1) is 0 Å². The number of halogens is 1. The molecule has 2 aromatic heterocycles. The molecule has 0 amide bonds. The fourth-order valence-electron chi connectivity index (χ4n) is 4.28. The molecule has 0 radical (unpaired) electrons. The molecule has 7 heteroatoms. The second-order valence-electron chi connectivity index (χ2n) is 9.64. The Labute approximate surface area is 259 Å². The van der Waals surface area contributed by atoms with Gasteiger partial charge in [0.15, 0.2) is 0 Å². The predicted octanol–water partition coefficient (Wildman–Crippen LogP) is 7.17. The summed E-state index contributed by atoms with van der Waals surface area (Å²) in [5, 5.41) is 6.75. The fraction of sp³-hybridized carbons (Fsp3) is 0.200. The van der Waals surface area contributed by atoms with Gasteiger partial charge in [0, 0.05) is 85.2 Å². The third kappa shape index (κ3) is 10.7. The first kappa shape index (κ1) is 31.4. The number of benzene rings is 3. The van der Waals surface area contributed by atoms with E-state index >= 15 is 0 Å². The molecule has 4 N–H and O–H groups in total.